The van der Waals surface area contributed by atoms with Crippen molar-refractivity contribution in [2.45, 2.75) is 13.0 Å². The molecule has 2 aromatic rings. The van der Waals surface area contributed by atoms with Gasteiger partial charge < -0.3 is 9.64 Å². The number of aryl methyl sites for hydroxylation is 1. The molecule has 1 saturated heterocycles. The fourth-order valence-electron chi connectivity index (χ4n) is 2.87. The molecule has 0 spiro atoms. The van der Waals surface area contributed by atoms with Crippen molar-refractivity contribution >= 4 is 17.3 Å². The minimum Gasteiger partial charge on any atom is -0.370 e. The Bertz CT molecular complexity index is 723. The van der Waals surface area contributed by atoms with Crippen molar-refractivity contribution in [2.24, 2.45) is 0 Å². The molecule has 2 aromatic carbocycles. The number of nitriles is 1. The summed E-state index contributed by atoms with van der Waals surface area (Å²) in [5, 5.41) is 9.96. The van der Waals surface area contributed by atoms with Gasteiger partial charge in [-0.1, -0.05) is 35.9 Å². The van der Waals surface area contributed by atoms with Crippen molar-refractivity contribution in [3.63, 3.8) is 0 Å². The molecular formula is C18H17ClN2O. The molecule has 1 aliphatic heterocycles. The number of rotatable bonds is 2. The van der Waals surface area contributed by atoms with Crippen molar-refractivity contribution in [2.75, 3.05) is 24.6 Å². The molecule has 3 nitrogen and oxygen atoms in total. The van der Waals surface area contributed by atoms with Crippen LogP contribution in [0.25, 0.3) is 0 Å². The van der Waals surface area contributed by atoms with Crippen molar-refractivity contribution in [3.05, 3.63) is 64.2 Å². The van der Waals surface area contributed by atoms with E-state index < -0.39 is 0 Å². The topological polar surface area (TPSA) is 36.3 Å². The molecule has 1 aliphatic rings. The number of hydrogen-bond donors (Lipinski definition) is 0. The average molecular weight is 313 g/mol. The van der Waals surface area contributed by atoms with Gasteiger partial charge in [0, 0.05) is 18.1 Å². The SMILES string of the molecule is Cc1ccccc1C1CN(c2cc(Cl)ccc2C#N)CCO1. The van der Waals surface area contributed by atoms with Crippen LogP contribution in [-0.4, -0.2) is 19.7 Å². The molecule has 1 unspecified atom stereocenters. The lowest BCUT2D eigenvalue weighted by atomic mass is 10.0. The van der Waals surface area contributed by atoms with E-state index in [1.165, 1.54) is 11.1 Å². The first-order chi connectivity index (χ1) is 10.7. The zero-order chi connectivity index (χ0) is 15.5. The largest absolute Gasteiger partial charge is 0.370 e. The Balaban J connectivity index is 1.90. The highest BCUT2D eigenvalue weighted by molar-refractivity contribution is 6.30. The van der Waals surface area contributed by atoms with Gasteiger partial charge >= 0.3 is 0 Å². The number of nitrogens with zero attached hydrogens (tertiary/aromatic N) is 2. The molecule has 4 heteroatoms. The molecule has 1 heterocycles. The zero-order valence-electron chi connectivity index (χ0n) is 12.4. The molecular weight excluding hydrogens is 296 g/mol. The summed E-state index contributed by atoms with van der Waals surface area (Å²) in [4.78, 5) is 2.19. The van der Waals surface area contributed by atoms with E-state index in [-0.39, 0.29) is 6.10 Å². The maximum absolute atomic E-state index is 9.32. The van der Waals surface area contributed by atoms with Crippen molar-refractivity contribution in [1.29, 1.82) is 5.26 Å². The summed E-state index contributed by atoms with van der Waals surface area (Å²) >= 11 is 6.10. The summed E-state index contributed by atoms with van der Waals surface area (Å²) in [5.41, 5.74) is 3.96. The third kappa shape index (κ3) is 2.94. The fraction of sp³-hybridized carbons (Fsp3) is 0.278. The average Bonchev–Trinajstić information content (AvgIpc) is 2.55. The first kappa shape index (κ1) is 14.9. The molecule has 3 rings (SSSR count). The Labute approximate surface area is 135 Å². The van der Waals surface area contributed by atoms with Gasteiger partial charge in [-0.2, -0.15) is 5.26 Å². The Morgan fingerprint density at radius 1 is 1.27 bits per heavy atom. The van der Waals surface area contributed by atoms with Gasteiger partial charge in [-0.3, -0.25) is 0 Å². The summed E-state index contributed by atoms with van der Waals surface area (Å²) in [6, 6.07) is 15.9. The molecule has 0 radical (unpaired) electrons. The van der Waals surface area contributed by atoms with E-state index in [1.807, 2.05) is 18.2 Å². The molecule has 0 aromatic heterocycles. The van der Waals surface area contributed by atoms with Crippen LogP contribution in [0.5, 0.6) is 0 Å². The maximum atomic E-state index is 9.32. The highest BCUT2D eigenvalue weighted by Crippen LogP contribution is 2.31. The number of halogens is 1. The first-order valence-electron chi connectivity index (χ1n) is 7.31. The lowest BCUT2D eigenvalue weighted by Gasteiger charge is -2.35. The molecule has 0 aliphatic carbocycles. The van der Waals surface area contributed by atoms with Gasteiger partial charge in [0.05, 0.1) is 17.9 Å². The maximum Gasteiger partial charge on any atom is 0.101 e. The van der Waals surface area contributed by atoms with E-state index in [4.69, 9.17) is 16.3 Å². The number of anilines is 1. The monoisotopic (exact) mass is 312 g/mol. The van der Waals surface area contributed by atoms with Gasteiger partial charge in [0.25, 0.3) is 0 Å². The Hall–Kier alpha value is -2.02. The smallest absolute Gasteiger partial charge is 0.101 e. The van der Waals surface area contributed by atoms with Crippen LogP contribution in [0, 0.1) is 18.3 Å². The lowest BCUT2D eigenvalue weighted by Crippen LogP contribution is -2.39. The minimum absolute atomic E-state index is 0.0143. The second-order valence-corrected chi connectivity index (χ2v) is 5.87. The van der Waals surface area contributed by atoms with Crippen LogP contribution < -0.4 is 4.90 Å². The molecule has 22 heavy (non-hydrogen) atoms. The second-order valence-electron chi connectivity index (χ2n) is 5.44. The molecule has 1 atom stereocenters. The predicted molar refractivity (Wildman–Crippen MR) is 88.3 cm³/mol. The highest BCUT2D eigenvalue weighted by Gasteiger charge is 2.24. The van der Waals surface area contributed by atoms with Crippen LogP contribution in [0.2, 0.25) is 5.02 Å². The van der Waals surface area contributed by atoms with Gasteiger partial charge in [0.1, 0.15) is 12.2 Å². The van der Waals surface area contributed by atoms with E-state index in [0.29, 0.717) is 17.2 Å². The first-order valence-corrected chi connectivity index (χ1v) is 7.68. The normalized spacial score (nSPS) is 18.0. The molecule has 112 valence electrons. The van der Waals surface area contributed by atoms with Crippen molar-refractivity contribution < 1.29 is 4.74 Å². The van der Waals surface area contributed by atoms with Gasteiger partial charge in [0.15, 0.2) is 0 Å². The van der Waals surface area contributed by atoms with Crippen LogP contribution in [0.15, 0.2) is 42.5 Å². The molecule has 1 fully saturated rings. The number of ether oxygens (including phenoxy) is 1. The van der Waals surface area contributed by atoms with Crippen LogP contribution in [0.4, 0.5) is 5.69 Å². The third-order valence-electron chi connectivity index (χ3n) is 4.02. The number of morpholine rings is 1. The van der Waals surface area contributed by atoms with Crippen LogP contribution in [0.1, 0.15) is 22.8 Å². The summed E-state index contributed by atoms with van der Waals surface area (Å²) < 4.78 is 5.94. The fourth-order valence-corrected chi connectivity index (χ4v) is 3.03. The minimum atomic E-state index is 0.0143. The summed E-state index contributed by atoms with van der Waals surface area (Å²) in [6.45, 7) is 4.21. The lowest BCUT2D eigenvalue weighted by molar-refractivity contribution is 0.0394. The second kappa shape index (κ2) is 6.39. The van der Waals surface area contributed by atoms with Gasteiger partial charge in [-0.15, -0.1) is 0 Å². The van der Waals surface area contributed by atoms with Crippen LogP contribution >= 0.6 is 11.6 Å². The highest BCUT2D eigenvalue weighted by atomic mass is 35.5. The molecule has 0 bridgehead atoms. The van der Waals surface area contributed by atoms with E-state index in [9.17, 15) is 5.26 Å². The molecule has 0 saturated carbocycles. The summed E-state index contributed by atoms with van der Waals surface area (Å²) in [6.07, 6.45) is 0.0143. The Morgan fingerprint density at radius 3 is 2.86 bits per heavy atom. The van der Waals surface area contributed by atoms with Crippen LogP contribution in [0.3, 0.4) is 0 Å². The quantitative estimate of drug-likeness (QED) is 0.837. The van der Waals surface area contributed by atoms with Crippen molar-refractivity contribution in [3.8, 4) is 6.07 Å². The Kier molecular flexibility index (Phi) is 4.33. The predicted octanol–water partition coefficient (Wildman–Crippen LogP) is 4.10. The number of benzene rings is 2. The van der Waals surface area contributed by atoms with Crippen molar-refractivity contribution in [1.82, 2.24) is 0 Å². The van der Waals surface area contributed by atoms with Crippen LogP contribution in [-0.2, 0) is 4.74 Å². The van der Waals surface area contributed by atoms with E-state index in [2.05, 4.69) is 30.0 Å². The third-order valence-corrected chi connectivity index (χ3v) is 4.26. The molecule has 0 amide bonds. The molecule has 0 N–H and O–H groups in total. The van der Waals surface area contributed by atoms with E-state index in [0.717, 1.165) is 18.8 Å². The number of hydrogen-bond acceptors (Lipinski definition) is 3. The summed E-state index contributed by atoms with van der Waals surface area (Å²) in [5.74, 6) is 0. The Morgan fingerprint density at radius 2 is 2.09 bits per heavy atom. The standard InChI is InChI=1S/C18H17ClN2O/c1-13-4-2-3-5-16(13)18-12-21(8-9-22-18)17-10-15(19)7-6-14(17)11-20/h2-7,10,18H,8-9,12H2,1H3. The van der Waals surface area contributed by atoms with Gasteiger partial charge in [0.2, 0.25) is 0 Å². The van der Waals surface area contributed by atoms with E-state index >= 15 is 0 Å². The zero-order valence-corrected chi connectivity index (χ0v) is 13.2. The van der Waals surface area contributed by atoms with Gasteiger partial charge in [-0.25, -0.2) is 0 Å². The van der Waals surface area contributed by atoms with Gasteiger partial charge in [-0.05, 0) is 36.2 Å². The van der Waals surface area contributed by atoms with E-state index in [1.54, 1.807) is 12.1 Å². The summed E-state index contributed by atoms with van der Waals surface area (Å²) in [7, 11) is 0.